The minimum absolute atomic E-state index is 0.156. The molecule has 21 heavy (non-hydrogen) atoms. The molecule has 2 rings (SSSR count). The molecule has 2 aromatic carbocycles. The minimum atomic E-state index is -3.65. The minimum Gasteiger partial charge on any atom is -0.279 e. The summed E-state index contributed by atoms with van der Waals surface area (Å²) in [6.45, 7) is 1.97. The van der Waals surface area contributed by atoms with Crippen LogP contribution in [0.2, 0.25) is 5.02 Å². The van der Waals surface area contributed by atoms with Crippen molar-refractivity contribution in [1.82, 2.24) is 0 Å². The number of rotatable bonds is 4. The van der Waals surface area contributed by atoms with Gasteiger partial charge in [0, 0.05) is 8.95 Å². The highest BCUT2D eigenvalue weighted by Gasteiger charge is 2.17. The van der Waals surface area contributed by atoms with E-state index in [2.05, 4.69) is 36.6 Å². The molecule has 0 radical (unpaired) electrons. The zero-order chi connectivity index (χ0) is 15.6. The van der Waals surface area contributed by atoms with Gasteiger partial charge in [0.2, 0.25) is 0 Å². The van der Waals surface area contributed by atoms with Crippen molar-refractivity contribution >= 4 is 59.2 Å². The fourth-order valence-corrected chi connectivity index (χ4v) is 3.99. The van der Waals surface area contributed by atoms with Gasteiger partial charge in [-0.2, -0.15) is 0 Å². The van der Waals surface area contributed by atoms with Crippen molar-refractivity contribution in [2.24, 2.45) is 0 Å². The summed E-state index contributed by atoms with van der Waals surface area (Å²) < 4.78 is 28.9. The molecule has 0 unspecified atom stereocenters. The van der Waals surface area contributed by atoms with E-state index >= 15 is 0 Å². The van der Waals surface area contributed by atoms with Crippen LogP contribution in [0.1, 0.15) is 12.5 Å². The normalized spacial score (nSPS) is 11.4. The van der Waals surface area contributed by atoms with Gasteiger partial charge >= 0.3 is 0 Å². The SMILES string of the molecule is CCc1cc(Br)ccc1NS(=O)(=O)c1ccc(Cl)c(Br)c1. The van der Waals surface area contributed by atoms with Crippen LogP contribution >= 0.6 is 43.5 Å². The van der Waals surface area contributed by atoms with Gasteiger partial charge in [0.1, 0.15) is 0 Å². The average molecular weight is 454 g/mol. The van der Waals surface area contributed by atoms with Gasteiger partial charge in [-0.05, 0) is 64.3 Å². The lowest BCUT2D eigenvalue weighted by molar-refractivity contribution is 0.601. The second-order valence-corrected chi connectivity index (χ2v) is 8.20. The monoisotopic (exact) mass is 451 g/mol. The highest BCUT2D eigenvalue weighted by atomic mass is 79.9. The number of sulfonamides is 1. The maximum Gasteiger partial charge on any atom is 0.261 e. The molecule has 0 saturated carbocycles. The van der Waals surface area contributed by atoms with E-state index in [4.69, 9.17) is 11.6 Å². The molecular weight excluding hydrogens is 441 g/mol. The lowest BCUT2D eigenvalue weighted by Crippen LogP contribution is -2.14. The molecule has 0 bridgehead atoms. The van der Waals surface area contributed by atoms with Gasteiger partial charge < -0.3 is 0 Å². The molecule has 0 heterocycles. The molecule has 0 atom stereocenters. The van der Waals surface area contributed by atoms with Crippen molar-refractivity contribution in [2.45, 2.75) is 18.2 Å². The Bertz CT molecular complexity index is 779. The topological polar surface area (TPSA) is 46.2 Å². The number of benzene rings is 2. The van der Waals surface area contributed by atoms with Crippen LogP contribution in [0.25, 0.3) is 0 Å². The summed E-state index contributed by atoms with van der Waals surface area (Å²) in [6, 6.07) is 9.94. The molecule has 1 N–H and O–H groups in total. The van der Waals surface area contributed by atoms with Gasteiger partial charge in [-0.3, -0.25) is 4.72 Å². The molecule has 0 fully saturated rings. The lowest BCUT2D eigenvalue weighted by atomic mass is 10.1. The first-order valence-electron chi connectivity index (χ1n) is 6.10. The maximum atomic E-state index is 12.4. The quantitative estimate of drug-likeness (QED) is 0.689. The molecule has 0 aliphatic carbocycles. The molecule has 2 aromatic rings. The molecule has 0 amide bonds. The first kappa shape index (κ1) is 16.8. The Morgan fingerprint density at radius 3 is 2.48 bits per heavy atom. The first-order valence-corrected chi connectivity index (χ1v) is 9.54. The molecule has 0 aromatic heterocycles. The van der Waals surface area contributed by atoms with Crippen molar-refractivity contribution in [3.05, 3.63) is 55.9 Å². The third-order valence-electron chi connectivity index (χ3n) is 2.89. The number of nitrogens with one attached hydrogen (secondary N) is 1. The zero-order valence-corrected chi connectivity index (χ0v) is 15.8. The van der Waals surface area contributed by atoms with Crippen molar-refractivity contribution in [3.8, 4) is 0 Å². The van der Waals surface area contributed by atoms with Crippen LogP contribution in [-0.4, -0.2) is 8.42 Å². The van der Waals surface area contributed by atoms with Gasteiger partial charge in [0.25, 0.3) is 10.0 Å². The van der Waals surface area contributed by atoms with Gasteiger partial charge in [-0.15, -0.1) is 0 Å². The fraction of sp³-hybridized carbons (Fsp3) is 0.143. The highest BCUT2D eigenvalue weighted by molar-refractivity contribution is 9.10. The number of aryl methyl sites for hydroxylation is 1. The van der Waals surface area contributed by atoms with Crippen LogP contribution in [0.15, 0.2) is 50.2 Å². The molecule has 0 aliphatic heterocycles. The fourth-order valence-electron chi connectivity index (χ4n) is 1.80. The van der Waals surface area contributed by atoms with Crippen LogP contribution in [0.5, 0.6) is 0 Å². The Labute approximate surface area is 146 Å². The highest BCUT2D eigenvalue weighted by Crippen LogP contribution is 2.28. The van der Waals surface area contributed by atoms with Gasteiger partial charge in [0.15, 0.2) is 0 Å². The Morgan fingerprint density at radius 1 is 1.14 bits per heavy atom. The van der Waals surface area contributed by atoms with Crippen LogP contribution in [0.4, 0.5) is 5.69 Å². The smallest absolute Gasteiger partial charge is 0.261 e. The number of hydrogen-bond acceptors (Lipinski definition) is 2. The predicted molar refractivity (Wildman–Crippen MR) is 93.5 cm³/mol. The van der Waals surface area contributed by atoms with Gasteiger partial charge in [-0.25, -0.2) is 8.42 Å². The molecular formula is C14H12Br2ClNO2S. The number of anilines is 1. The Morgan fingerprint density at radius 2 is 1.86 bits per heavy atom. The van der Waals surface area contributed by atoms with Crippen molar-refractivity contribution in [2.75, 3.05) is 4.72 Å². The molecule has 7 heteroatoms. The molecule has 0 saturated heterocycles. The van der Waals surface area contributed by atoms with Crippen molar-refractivity contribution < 1.29 is 8.42 Å². The molecule has 0 aliphatic rings. The molecule has 0 spiro atoms. The Balaban J connectivity index is 2.39. The van der Waals surface area contributed by atoms with Crippen LogP contribution < -0.4 is 4.72 Å². The van der Waals surface area contributed by atoms with E-state index in [1.165, 1.54) is 12.1 Å². The van der Waals surface area contributed by atoms with E-state index in [0.29, 0.717) is 15.2 Å². The second-order valence-electron chi connectivity index (χ2n) is 4.34. The van der Waals surface area contributed by atoms with Gasteiger partial charge in [-0.1, -0.05) is 34.5 Å². The predicted octanol–water partition coefficient (Wildman–Crippen LogP) is 5.23. The van der Waals surface area contributed by atoms with Crippen molar-refractivity contribution in [1.29, 1.82) is 0 Å². The van der Waals surface area contributed by atoms with Crippen LogP contribution in [-0.2, 0) is 16.4 Å². The number of halogens is 3. The van der Waals surface area contributed by atoms with E-state index in [1.807, 2.05) is 13.0 Å². The van der Waals surface area contributed by atoms with E-state index in [9.17, 15) is 8.42 Å². The second kappa shape index (κ2) is 6.69. The first-order chi connectivity index (χ1) is 9.83. The summed E-state index contributed by atoms with van der Waals surface area (Å²) in [6.07, 6.45) is 0.724. The van der Waals surface area contributed by atoms with Crippen LogP contribution in [0, 0.1) is 0 Å². The van der Waals surface area contributed by atoms with Crippen molar-refractivity contribution in [3.63, 3.8) is 0 Å². The average Bonchev–Trinajstić information content (AvgIpc) is 2.43. The summed E-state index contributed by atoms with van der Waals surface area (Å²) in [5, 5.41) is 0.465. The largest absolute Gasteiger partial charge is 0.279 e. The van der Waals surface area contributed by atoms with Gasteiger partial charge in [0.05, 0.1) is 15.6 Å². The summed E-state index contributed by atoms with van der Waals surface area (Å²) in [4.78, 5) is 0.156. The van der Waals surface area contributed by atoms with E-state index < -0.39 is 10.0 Å². The summed E-state index contributed by atoms with van der Waals surface area (Å²) in [7, 11) is -3.65. The zero-order valence-electron chi connectivity index (χ0n) is 11.0. The third kappa shape index (κ3) is 4.00. The maximum absolute atomic E-state index is 12.4. The van der Waals surface area contributed by atoms with E-state index in [0.717, 1.165) is 16.5 Å². The summed E-state index contributed by atoms with van der Waals surface area (Å²) in [5.41, 5.74) is 1.49. The molecule has 112 valence electrons. The standard InChI is InChI=1S/C14H12Br2ClNO2S/c1-2-9-7-10(15)3-6-14(9)18-21(19,20)11-4-5-13(17)12(16)8-11/h3-8,18H,2H2,1H3. The van der Waals surface area contributed by atoms with E-state index in [-0.39, 0.29) is 4.90 Å². The Hall–Kier alpha value is -0.560. The third-order valence-corrected chi connectivity index (χ3v) is 5.96. The summed E-state index contributed by atoms with van der Waals surface area (Å²) in [5.74, 6) is 0. The molecule has 3 nitrogen and oxygen atoms in total. The van der Waals surface area contributed by atoms with E-state index in [1.54, 1.807) is 18.2 Å². The van der Waals surface area contributed by atoms with Crippen LogP contribution in [0.3, 0.4) is 0 Å². The lowest BCUT2D eigenvalue weighted by Gasteiger charge is -2.12. The number of hydrogen-bond donors (Lipinski definition) is 1. The Kier molecular flexibility index (Phi) is 5.35. The summed E-state index contributed by atoms with van der Waals surface area (Å²) >= 11 is 12.5.